The van der Waals surface area contributed by atoms with E-state index in [1.165, 1.54) is 0 Å². The second-order valence-electron chi connectivity index (χ2n) is 6.29. The van der Waals surface area contributed by atoms with Gasteiger partial charge in [0.1, 0.15) is 5.82 Å². The van der Waals surface area contributed by atoms with Gasteiger partial charge in [-0.2, -0.15) is 5.10 Å². The van der Waals surface area contributed by atoms with Gasteiger partial charge in [0.05, 0.1) is 11.0 Å². The Morgan fingerprint density at radius 2 is 2.35 bits per heavy atom. The van der Waals surface area contributed by atoms with Gasteiger partial charge < -0.3 is 4.57 Å². The van der Waals surface area contributed by atoms with Crippen LogP contribution in [-0.4, -0.2) is 21.2 Å². The molecular formula is C18H20N4O. The topological polar surface area (TPSA) is 59.3 Å². The maximum Gasteiger partial charge on any atom is 0.271 e. The molecule has 1 heterocycles. The van der Waals surface area contributed by atoms with Gasteiger partial charge in [0, 0.05) is 23.7 Å². The van der Waals surface area contributed by atoms with E-state index in [0.29, 0.717) is 17.4 Å². The molecule has 5 heteroatoms. The van der Waals surface area contributed by atoms with Gasteiger partial charge >= 0.3 is 0 Å². The highest BCUT2D eigenvalue weighted by Crippen LogP contribution is 2.40. The largest absolute Gasteiger partial charge is 0.329 e. The fourth-order valence-corrected chi connectivity index (χ4v) is 3.64. The molecule has 1 N–H and O–H groups in total. The average molecular weight is 308 g/mol. The van der Waals surface area contributed by atoms with Gasteiger partial charge in [-0.15, -0.1) is 0 Å². The summed E-state index contributed by atoms with van der Waals surface area (Å²) in [6, 6.07) is 5.64. The zero-order valence-corrected chi connectivity index (χ0v) is 13.4. The highest BCUT2D eigenvalue weighted by atomic mass is 16.2. The third-order valence-electron chi connectivity index (χ3n) is 4.98. The third kappa shape index (κ3) is 2.27. The van der Waals surface area contributed by atoms with E-state index >= 15 is 0 Å². The number of hydrazone groups is 1. The molecule has 4 rings (SSSR count). The molecule has 1 amide bonds. The number of nitrogens with one attached hydrogen (secondary N) is 1. The van der Waals surface area contributed by atoms with Gasteiger partial charge in [0.15, 0.2) is 0 Å². The molecule has 2 aromatic rings. The summed E-state index contributed by atoms with van der Waals surface area (Å²) in [6.07, 6.45) is 6.49. The van der Waals surface area contributed by atoms with E-state index < -0.39 is 0 Å². The number of aromatic nitrogens is 2. The van der Waals surface area contributed by atoms with E-state index in [1.54, 1.807) is 0 Å². The minimum Gasteiger partial charge on any atom is -0.329 e. The number of benzene rings is 1. The zero-order valence-electron chi connectivity index (χ0n) is 13.4. The summed E-state index contributed by atoms with van der Waals surface area (Å²) >= 11 is 0. The van der Waals surface area contributed by atoms with Crippen LogP contribution in [-0.2, 0) is 6.54 Å². The summed E-state index contributed by atoms with van der Waals surface area (Å²) in [5.74, 6) is 1.95. The number of nitrogens with zero attached hydrogens (tertiary/aromatic N) is 3. The molecule has 2 aliphatic carbocycles. The molecule has 23 heavy (non-hydrogen) atoms. The van der Waals surface area contributed by atoms with E-state index in [0.717, 1.165) is 42.0 Å². The maximum atomic E-state index is 12.3. The quantitative estimate of drug-likeness (QED) is 0.700. The van der Waals surface area contributed by atoms with E-state index in [1.807, 2.05) is 25.1 Å². The van der Waals surface area contributed by atoms with E-state index in [-0.39, 0.29) is 5.91 Å². The highest BCUT2D eigenvalue weighted by Gasteiger charge is 2.38. The lowest BCUT2D eigenvalue weighted by Crippen LogP contribution is -2.35. The number of imidazole rings is 1. The zero-order chi connectivity index (χ0) is 16.0. The van der Waals surface area contributed by atoms with Gasteiger partial charge in [0.2, 0.25) is 0 Å². The second-order valence-corrected chi connectivity index (χ2v) is 6.29. The number of hydrogen-bond donors (Lipinski definition) is 1. The van der Waals surface area contributed by atoms with Crippen LogP contribution in [0.3, 0.4) is 0 Å². The normalized spacial score (nSPS) is 24.0. The first-order chi connectivity index (χ1) is 11.2. The van der Waals surface area contributed by atoms with Crippen molar-refractivity contribution in [2.75, 3.05) is 0 Å². The molecule has 0 bridgehead atoms. The standard InChI is InChI=1S/C18H20N4O/c1-3-22-11(2)19-16-10-13(7-8-17(16)22)18(23)21-20-15-9-12-5-4-6-14(12)15/h4-5,7-8,10,12,14H,3,6,9H2,1-2H3,(H,21,23)/b20-15-/t12-,14-/m1/s1. The Bertz CT molecular complexity index is 846. The molecule has 0 unspecified atom stereocenters. The van der Waals surface area contributed by atoms with Crippen molar-refractivity contribution >= 4 is 22.7 Å². The smallest absolute Gasteiger partial charge is 0.271 e. The SMILES string of the molecule is CCn1c(C)nc2cc(C(=O)N/N=C3/C[C@H]4C=CC[C@@H]34)ccc21. The number of carbonyl (C=O) groups excluding carboxylic acids is 1. The Morgan fingerprint density at radius 3 is 3.13 bits per heavy atom. The van der Waals surface area contributed by atoms with Crippen LogP contribution in [0.4, 0.5) is 0 Å². The van der Waals surface area contributed by atoms with Gasteiger partial charge in [-0.25, -0.2) is 10.4 Å². The summed E-state index contributed by atoms with van der Waals surface area (Å²) in [6.45, 7) is 4.95. The van der Waals surface area contributed by atoms with Crippen molar-refractivity contribution in [1.82, 2.24) is 15.0 Å². The van der Waals surface area contributed by atoms with Crippen LogP contribution < -0.4 is 5.43 Å². The summed E-state index contributed by atoms with van der Waals surface area (Å²) in [5, 5.41) is 4.32. The van der Waals surface area contributed by atoms with E-state index in [2.05, 4.69) is 39.2 Å². The maximum absolute atomic E-state index is 12.3. The molecule has 2 atom stereocenters. The summed E-state index contributed by atoms with van der Waals surface area (Å²) in [7, 11) is 0. The van der Waals surface area contributed by atoms with Crippen LogP contribution in [0.15, 0.2) is 35.5 Å². The van der Waals surface area contributed by atoms with Gasteiger partial charge in [-0.1, -0.05) is 12.2 Å². The van der Waals surface area contributed by atoms with Crippen LogP contribution in [0.2, 0.25) is 0 Å². The lowest BCUT2D eigenvalue weighted by atomic mass is 9.74. The summed E-state index contributed by atoms with van der Waals surface area (Å²) in [4.78, 5) is 16.8. The molecule has 1 aromatic heterocycles. The monoisotopic (exact) mass is 308 g/mol. The Kier molecular flexibility index (Phi) is 3.29. The molecule has 2 aliphatic rings. The molecule has 1 saturated carbocycles. The van der Waals surface area contributed by atoms with Crippen LogP contribution in [0, 0.1) is 18.8 Å². The number of rotatable bonds is 3. The number of aryl methyl sites for hydroxylation is 2. The summed E-state index contributed by atoms with van der Waals surface area (Å²) in [5.41, 5.74) is 6.33. The number of fused-ring (bicyclic) bond motifs is 2. The molecule has 0 saturated heterocycles. The molecule has 5 nitrogen and oxygen atoms in total. The van der Waals surface area contributed by atoms with Crippen molar-refractivity contribution < 1.29 is 4.79 Å². The second kappa shape index (κ2) is 5.33. The van der Waals surface area contributed by atoms with Crippen molar-refractivity contribution in [2.45, 2.75) is 33.2 Å². The fraction of sp³-hybridized carbons (Fsp3) is 0.389. The van der Waals surface area contributed by atoms with Crippen molar-refractivity contribution in [2.24, 2.45) is 16.9 Å². The Labute approximate surface area is 135 Å². The number of carbonyl (C=O) groups is 1. The molecule has 1 fully saturated rings. The van der Waals surface area contributed by atoms with E-state index in [9.17, 15) is 4.79 Å². The van der Waals surface area contributed by atoms with Crippen molar-refractivity contribution in [3.63, 3.8) is 0 Å². The molecular weight excluding hydrogens is 288 g/mol. The predicted octanol–water partition coefficient (Wildman–Crippen LogP) is 3.05. The van der Waals surface area contributed by atoms with E-state index in [4.69, 9.17) is 0 Å². The first-order valence-corrected chi connectivity index (χ1v) is 8.17. The number of amides is 1. The first-order valence-electron chi connectivity index (χ1n) is 8.17. The molecule has 0 radical (unpaired) electrons. The molecule has 118 valence electrons. The lowest BCUT2D eigenvalue weighted by Gasteiger charge is -2.31. The minimum atomic E-state index is -0.169. The van der Waals surface area contributed by atoms with Gasteiger partial charge in [-0.05, 0) is 50.8 Å². The van der Waals surface area contributed by atoms with Gasteiger partial charge in [-0.3, -0.25) is 4.79 Å². The minimum absolute atomic E-state index is 0.169. The average Bonchev–Trinajstić information content (AvgIpc) is 3.05. The predicted molar refractivity (Wildman–Crippen MR) is 90.4 cm³/mol. The fourth-order valence-electron chi connectivity index (χ4n) is 3.64. The lowest BCUT2D eigenvalue weighted by molar-refractivity contribution is 0.0954. The third-order valence-corrected chi connectivity index (χ3v) is 4.98. The van der Waals surface area contributed by atoms with Crippen molar-refractivity contribution in [3.05, 3.63) is 41.7 Å². The number of hydrogen-bond acceptors (Lipinski definition) is 3. The molecule has 0 aliphatic heterocycles. The molecule has 1 aromatic carbocycles. The molecule has 0 spiro atoms. The van der Waals surface area contributed by atoms with Crippen molar-refractivity contribution in [1.29, 1.82) is 0 Å². The first kappa shape index (κ1) is 14.2. The Morgan fingerprint density at radius 1 is 1.48 bits per heavy atom. The highest BCUT2D eigenvalue weighted by molar-refractivity contribution is 5.99. The Hall–Kier alpha value is -2.43. The van der Waals surface area contributed by atoms with Crippen LogP contribution >= 0.6 is 0 Å². The Balaban J connectivity index is 1.52. The van der Waals surface area contributed by atoms with Crippen LogP contribution in [0.5, 0.6) is 0 Å². The van der Waals surface area contributed by atoms with Crippen LogP contribution in [0.25, 0.3) is 11.0 Å². The van der Waals surface area contributed by atoms with Crippen LogP contribution in [0.1, 0.15) is 35.9 Å². The van der Waals surface area contributed by atoms with Crippen molar-refractivity contribution in [3.8, 4) is 0 Å². The summed E-state index contributed by atoms with van der Waals surface area (Å²) < 4.78 is 2.14. The van der Waals surface area contributed by atoms with Gasteiger partial charge in [0.25, 0.3) is 5.91 Å². The number of allylic oxidation sites excluding steroid dienone is 2.